The minimum absolute atomic E-state index is 0.0616. The molecule has 1 N–H and O–H groups in total. The SMILES string of the molecule is COc1cc(-c2cc(C(=O)N/N=C(/C)c3cccc([N+](=O)[O-])c3)c3ccccc3n2)cc(OC)c1OC. The maximum Gasteiger partial charge on any atom is 0.272 e. The summed E-state index contributed by atoms with van der Waals surface area (Å²) in [5, 5.41) is 15.9. The molecule has 1 heterocycles. The molecule has 0 unspecified atom stereocenters. The third-order valence-corrected chi connectivity index (χ3v) is 5.72. The quantitative estimate of drug-likeness (QED) is 0.205. The van der Waals surface area contributed by atoms with Crippen LogP contribution < -0.4 is 19.6 Å². The van der Waals surface area contributed by atoms with E-state index in [9.17, 15) is 14.9 Å². The molecule has 4 rings (SSSR count). The first-order valence-electron chi connectivity index (χ1n) is 11.2. The second-order valence-corrected chi connectivity index (χ2v) is 7.93. The van der Waals surface area contributed by atoms with E-state index in [-0.39, 0.29) is 5.69 Å². The predicted molar refractivity (Wildman–Crippen MR) is 140 cm³/mol. The summed E-state index contributed by atoms with van der Waals surface area (Å²) >= 11 is 0. The number of benzene rings is 3. The van der Waals surface area contributed by atoms with Gasteiger partial charge < -0.3 is 14.2 Å². The van der Waals surface area contributed by atoms with E-state index >= 15 is 0 Å². The van der Waals surface area contributed by atoms with Gasteiger partial charge >= 0.3 is 0 Å². The molecule has 3 aromatic carbocycles. The number of aromatic nitrogens is 1. The number of methoxy groups -OCH3 is 3. The lowest BCUT2D eigenvalue weighted by atomic mass is 10.0. The van der Waals surface area contributed by atoms with Crippen molar-refractivity contribution in [1.29, 1.82) is 0 Å². The smallest absolute Gasteiger partial charge is 0.272 e. The fourth-order valence-electron chi connectivity index (χ4n) is 3.84. The van der Waals surface area contributed by atoms with E-state index in [1.54, 1.807) is 43.3 Å². The van der Waals surface area contributed by atoms with E-state index in [2.05, 4.69) is 10.5 Å². The lowest BCUT2D eigenvalue weighted by molar-refractivity contribution is -0.384. The van der Waals surface area contributed by atoms with Gasteiger partial charge in [0.05, 0.1) is 48.7 Å². The number of non-ortho nitro benzene ring substituents is 1. The van der Waals surface area contributed by atoms with Crippen LogP contribution in [0.4, 0.5) is 5.69 Å². The molecule has 0 atom stereocenters. The highest BCUT2D eigenvalue weighted by molar-refractivity contribution is 6.08. The maximum atomic E-state index is 13.3. The molecule has 0 bridgehead atoms. The van der Waals surface area contributed by atoms with Crippen molar-refractivity contribution in [3.8, 4) is 28.5 Å². The summed E-state index contributed by atoms with van der Waals surface area (Å²) in [6.07, 6.45) is 0. The molecule has 1 aromatic heterocycles. The van der Waals surface area contributed by atoms with Gasteiger partial charge in [0.2, 0.25) is 5.75 Å². The number of carbonyl (C=O) groups is 1. The van der Waals surface area contributed by atoms with Crippen LogP contribution in [-0.4, -0.2) is 42.9 Å². The molecule has 0 fully saturated rings. The summed E-state index contributed by atoms with van der Waals surface area (Å²) in [6.45, 7) is 1.66. The number of amides is 1. The standard InChI is InChI=1S/C27H24N4O6/c1-16(17-8-7-9-19(12-17)31(33)34)29-30-27(32)21-15-23(28-22-11-6-5-10-20(21)22)18-13-24(35-2)26(37-4)25(14-18)36-3/h5-15H,1-4H3,(H,30,32)/b29-16-. The van der Waals surface area contributed by atoms with Crippen LogP contribution >= 0.6 is 0 Å². The molecule has 0 spiro atoms. The van der Waals surface area contributed by atoms with E-state index in [0.29, 0.717) is 56.2 Å². The summed E-state index contributed by atoms with van der Waals surface area (Å²) in [6, 6.07) is 18.5. The third-order valence-electron chi connectivity index (χ3n) is 5.72. The van der Waals surface area contributed by atoms with Crippen LogP contribution in [0.15, 0.2) is 71.8 Å². The molecule has 1 amide bonds. The first kappa shape index (κ1) is 25.1. The molecule has 0 saturated carbocycles. The van der Waals surface area contributed by atoms with Crippen LogP contribution in [-0.2, 0) is 0 Å². The summed E-state index contributed by atoms with van der Waals surface area (Å²) in [5.41, 5.74) is 5.57. The first-order chi connectivity index (χ1) is 17.9. The summed E-state index contributed by atoms with van der Waals surface area (Å²) < 4.78 is 16.3. The monoisotopic (exact) mass is 500 g/mol. The number of ether oxygens (including phenoxy) is 3. The average Bonchev–Trinajstić information content (AvgIpc) is 2.94. The number of hydrogen-bond donors (Lipinski definition) is 1. The van der Waals surface area contributed by atoms with Crippen molar-refractivity contribution in [2.24, 2.45) is 5.10 Å². The van der Waals surface area contributed by atoms with Gasteiger partial charge in [0, 0.05) is 28.6 Å². The number of pyridine rings is 1. The third kappa shape index (κ3) is 5.18. The zero-order valence-electron chi connectivity index (χ0n) is 20.6. The number of hydrogen-bond acceptors (Lipinski definition) is 8. The van der Waals surface area contributed by atoms with E-state index in [0.717, 1.165) is 0 Å². The number of rotatable bonds is 8. The van der Waals surface area contributed by atoms with Crippen LogP contribution in [0.25, 0.3) is 22.2 Å². The Hall–Kier alpha value is -4.99. The molecular formula is C27H24N4O6. The van der Waals surface area contributed by atoms with Crippen molar-refractivity contribution in [3.63, 3.8) is 0 Å². The lowest BCUT2D eigenvalue weighted by Gasteiger charge is -2.15. The summed E-state index contributed by atoms with van der Waals surface area (Å²) in [4.78, 5) is 28.6. The Morgan fingerprint density at radius 1 is 0.946 bits per heavy atom. The van der Waals surface area contributed by atoms with Crippen LogP contribution in [0.3, 0.4) is 0 Å². The normalized spacial score (nSPS) is 11.2. The Kier molecular flexibility index (Phi) is 7.28. The maximum absolute atomic E-state index is 13.3. The number of hydrazone groups is 1. The molecule has 10 heteroatoms. The van der Waals surface area contributed by atoms with E-state index in [4.69, 9.17) is 19.2 Å². The number of para-hydroxylation sites is 1. The Labute approximate surface area is 212 Å². The van der Waals surface area contributed by atoms with Gasteiger partial charge in [-0.1, -0.05) is 30.3 Å². The van der Waals surface area contributed by atoms with Gasteiger partial charge in [-0.2, -0.15) is 5.10 Å². The predicted octanol–water partition coefficient (Wildman–Crippen LogP) is 4.99. The molecule has 0 aliphatic heterocycles. The molecule has 0 aliphatic carbocycles. The number of nitro benzene ring substituents is 1. The van der Waals surface area contributed by atoms with Crippen molar-refractivity contribution in [2.45, 2.75) is 6.92 Å². The molecule has 0 saturated heterocycles. The van der Waals surface area contributed by atoms with Gasteiger partial charge in [-0.05, 0) is 31.2 Å². The van der Waals surface area contributed by atoms with Gasteiger partial charge in [0.15, 0.2) is 11.5 Å². The average molecular weight is 501 g/mol. The summed E-state index contributed by atoms with van der Waals surface area (Å²) in [7, 11) is 4.57. The van der Waals surface area contributed by atoms with Crippen LogP contribution in [0, 0.1) is 10.1 Å². The second-order valence-electron chi connectivity index (χ2n) is 7.93. The van der Waals surface area contributed by atoms with Crippen molar-refractivity contribution in [1.82, 2.24) is 10.4 Å². The molecular weight excluding hydrogens is 476 g/mol. The van der Waals surface area contributed by atoms with Crippen molar-refractivity contribution in [3.05, 3.63) is 88.0 Å². The first-order valence-corrected chi connectivity index (χ1v) is 11.2. The fraction of sp³-hybridized carbons (Fsp3) is 0.148. The zero-order chi connectivity index (χ0) is 26.5. The van der Waals surface area contributed by atoms with Crippen LogP contribution in [0.2, 0.25) is 0 Å². The van der Waals surface area contributed by atoms with E-state index < -0.39 is 10.8 Å². The molecule has 10 nitrogen and oxygen atoms in total. The van der Waals surface area contributed by atoms with Crippen molar-refractivity contribution in [2.75, 3.05) is 21.3 Å². The molecule has 0 radical (unpaired) electrons. The lowest BCUT2D eigenvalue weighted by Crippen LogP contribution is -2.20. The number of nitrogens with one attached hydrogen (secondary N) is 1. The van der Waals surface area contributed by atoms with Gasteiger partial charge in [0.1, 0.15) is 0 Å². The van der Waals surface area contributed by atoms with Gasteiger partial charge in [0.25, 0.3) is 11.6 Å². The highest BCUT2D eigenvalue weighted by atomic mass is 16.6. The largest absolute Gasteiger partial charge is 0.493 e. The highest BCUT2D eigenvalue weighted by Gasteiger charge is 2.18. The molecule has 0 aliphatic rings. The van der Waals surface area contributed by atoms with Gasteiger partial charge in [-0.25, -0.2) is 10.4 Å². The Balaban J connectivity index is 1.75. The minimum Gasteiger partial charge on any atom is -0.493 e. The topological polar surface area (TPSA) is 125 Å². The Morgan fingerprint density at radius 3 is 2.30 bits per heavy atom. The number of fused-ring (bicyclic) bond motifs is 1. The van der Waals surface area contributed by atoms with Gasteiger partial charge in [-0.3, -0.25) is 14.9 Å². The number of nitro groups is 1. The zero-order valence-corrected chi connectivity index (χ0v) is 20.6. The minimum atomic E-state index is -0.483. The number of carbonyl (C=O) groups excluding carboxylic acids is 1. The van der Waals surface area contributed by atoms with E-state index in [1.165, 1.54) is 33.5 Å². The molecule has 4 aromatic rings. The van der Waals surface area contributed by atoms with E-state index in [1.807, 2.05) is 18.2 Å². The van der Waals surface area contributed by atoms with Crippen LogP contribution in [0.5, 0.6) is 17.2 Å². The fourth-order valence-corrected chi connectivity index (χ4v) is 3.84. The van der Waals surface area contributed by atoms with Crippen molar-refractivity contribution >= 4 is 28.2 Å². The molecule has 37 heavy (non-hydrogen) atoms. The molecule has 188 valence electrons. The van der Waals surface area contributed by atoms with Crippen LogP contribution in [0.1, 0.15) is 22.8 Å². The number of nitrogens with zero attached hydrogens (tertiary/aromatic N) is 3. The Bertz CT molecular complexity index is 1510. The highest BCUT2D eigenvalue weighted by Crippen LogP contribution is 2.41. The Morgan fingerprint density at radius 2 is 1.65 bits per heavy atom. The van der Waals surface area contributed by atoms with Gasteiger partial charge in [-0.15, -0.1) is 0 Å². The second kappa shape index (κ2) is 10.7. The summed E-state index contributed by atoms with van der Waals surface area (Å²) in [5.74, 6) is 0.889. The van der Waals surface area contributed by atoms with Crippen molar-refractivity contribution < 1.29 is 23.9 Å².